The topological polar surface area (TPSA) is 119 Å². The van der Waals surface area contributed by atoms with E-state index >= 15 is 0 Å². The van der Waals surface area contributed by atoms with Gasteiger partial charge in [-0.2, -0.15) is 5.10 Å². The molecule has 0 saturated heterocycles. The highest BCUT2D eigenvalue weighted by Gasteiger charge is 2.32. The molecule has 0 unspecified atom stereocenters. The lowest BCUT2D eigenvalue weighted by Crippen LogP contribution is -2.29. The summed E-state index contributed by atoms with van der Waals surface area (Å²) < 4.78 is 48.5. The summed E-state index contributed by atoms with van der Waals surface area (Å²) in [6.07, 6.45) is 0.891. The average Bonchev–Trinajstić information content (AvgIpc) is 3.54. The summed E-state index contributed by atoms with van der Waals surface area (Å²) in [5.74, 6) is 0.0635. The number of aromatic nitrogens is 5. The highest BCUT2D eigenvalue weighted by atomic mass is 35.5. The van der Waals surface area contributed by atoms with Crippen molar-refractivity contribution in [1.82, 2.24) is 35.6 Å². The van der Waals surface area contributed by atoms with Gasteiger partial charge in [-0.25, -0.2) is 0 Å². The predicted octanol–water partition coefficient (Wildman–Crippen LogP) is 3.76. The number of aromatic amines is 1. The first kappa shape index (κ1) is 26.2. The quantitative estimate of drug-likeness (QED) is 0.235. The summed E-state index contributed by atoms with van der Waals surface area (Å²) in [5, 5.41) is 21.2. The number of hydrogen-bond donors (Lipinski definition) is 3. The number of halogens is 4. The Kier molecular flexibility index (Phi) is 8.46. The molecular weight excluding hydrogens is 515 g/mol. The monoisotopic (exact) mass is 537 g/mol. The Balaban J connectivity index is 1.14. The number of carbonyl (C=O) groups is 1. The van der Waals surface area contributed by atoms with Gasteiger partial charge in [0, 0.05) is 32.1 Å². The SMILES string of the molecule is O=C(CCNCc1ccc(OC(F)(F)F)c(Cl)c1)NCCCOc1cc(-n2cnnc2)cc2[nH]ncc12. The van der Waals surface area contributed by atoms with Gasteiger partial charge in [-0.1, -0.05) is 17.7 Å². The van der Waals surface area contributed by atoms with Gasteiger partial charge in [-0.05, 0) is 30.2 Å². The Labute approximate surface area is 214 Å². The molecule has 0 spiro atoms. The van der Waals surface area contributed by atoms with E-state index in [0.717, 1.165) is 22.7 Å². The lowest BCUT2D eigenvalue weighted by atomic mass is 10.2. The molecule has 196 valence electrons. The first-order valence-electron chi connectivity index (χ1n) is 11.2. The summed E-state index contributed by atoms with van der Waals surface area (Å²) in [4.78, 5) is 12.1. The summed E-state index contributed by atoms with van der Waals surface area (Å²) in [7, 11) is 0. The maximum absolute atomic E-state index is 12.3. The van der Waals surface area contributed by atoms with Crippen molar-refractivity contribution in [3.8, 4) is 17.2 Å². The average molecular weight is 538 g/mol. The zero-order valence-corrected chi connectivity index (χ0v) is 20.1. The molecule has 0 saturated carbocycles. The number of benzene rings is 2. The van der Waals surface area contributed by atoms with E-state index in [9.17, 15) is 18.0 Å². The highest BCUT2D eigenvalue weighted by molar-refractivity contribution is 6.32. The van der Waals surface area contributed by atoms with Crippen LogP contribution in [0.2, 0.25) is 5.02 Å². The zero-order chi connectivity index (χ0) is 26.3. The van der Waals surface area contributed by atoms with Crippen LogP contribution in [0.15, 0.2) is 49.2 Å². The van der Waals surface area contributed by atoms with E-state index in [4.69, 9.17) is 16.3 Å². The van der Waals surface area contributed by atoms with Crippen LogP contribution in [0.5, 0.6) is 11.5 Å². The number of carbonyl (C=O) groups excluding carboxylic acids is 1. The van der Waals surface area contributed by atoms with E-state index in [1.54, 1.807) is 23.4 Å². The van der Waals surface area contributed by atoms with Gasteiger partial charge in [0.2, 0.25) is 5.91 Å². The number of nitrogens with zero attached hydrogens (tertiary/aromatic N) is 4. The van der Waals surface area contributed by atoms with E-state index < -0.39 is 12.1 Å². The number of ether oxygens (including phenoxy) is 2. The second kappa shape index (κ2) is 11.9. The van der Waals surface area contributed by atoms with Crippen molar-refractivity contribution in [3.63, 3.8) is 0 Å². The molecule has 2 aromatic carbocycles. The van der Waals surface area contributed by atoms with E-state index in [1.807, 2.05) is 12.1 Å². The molecule has 4 rings (SSSR count). The van der Waals surface area contributed by atoms with E-state index in [-0.39, 0.29) is 17.4 Å². The van der Waals surface area contributed by atoms with Crippen LogP contribution in [0, 0.1) is 0 Å². The standard InChI is InChI=1S/C23H23ClF3N7O3/c24-18-8-15(2-3-20(18)37-23(25,26)27)11-28-6-4-22(35)29-5-1-7-36-21-10-16(34-13-31-32-14-34)9-19-17(21)12-30-33-19/h2-3,8-10,12-14,28H,1,4-7,11H2,(H,29,35)(H,30,33). The molecule has 1 amide bonds. The smallest absolute Gasteiger partial charge is 0.493 e. The molecule has 0 aliphatic rings. The fraction of sp³-hybridized carbons (Fsp3) is 0.304. The van der Waals surface area contributed by atoms with Crippen LogP contribution in [0.25, 0.3) is 16.6 Å². The summed E-state index contributed by atoms with van der Waals surface area (Å²) >= 11 is 5.84. The molecule has 14 heteroatoms. The summed E-state index contributed by atoms with van der Waals surface area (Å²) in [5.41, 5.74) is 2.30. The van der Waals surface area contributed by atoms with Crippen LogP contribution in [0.1, 0.15) is 18.4 Å². The Morgan fingerprint density at radius 3 is 2.68 bits per heavy atom. The molecule has 3 N–H and O–H groups in total. The van der Waals surface area contributed by atoms with Gasteiger partial charge < -0.3 is 20.1 Å². The van der Waals surface area contributed by atoms with E-state index in [0.29, 0.717) is 44.0 Å². The number of amides is 1. The lowest BCUT2D eigenvalue weighted by molar-refractivity contribution is -0.274. The number of nitrogens with one attached hydrogen (secondary N) is 3. The van der Waals surface area contributed by atoms with Gasteiger partial charge in [-0.15, -0.1) is 23.4 Å². The third-order valence-electron chi connectivity index (χ3n) is 5.20. The Morgan fingerprint density at radius 2 is 1.92 bits per heavy atom. The first-order chi connectivity index (χ1) is 17.8. The van der Waals surface area contributed by atoms with Crippen LogP contribution in [0.3, 0.4) is 0 Å². The van der Waals surface area contributed by atoms with Crippen LogP contribution in [0.4, 0.5) is 13.2 Å². The summed E-state index contributed by atoms with van der Waals surface area (Å²) in [6, 6.07) is 7.80. The van der Waals surface area contributed by atoms with Gasteiger partial charge in [0.15, 0.2) is 0 Å². The second-order valence-electron chi connectivity index (χ2n) is 7.94. The van der Waals surface area contributed by atoms with Crippen molar-refractivity contribution in [3.05, 3.63) is 59.8 Å². The van der Waals surface area contributed by atoms with Gasteiger partial charge in [-0.3, -0.25) is 14.5 Å². The molecule has 0 aliphatic heterocycles. The van der Waals surface area contributed by atoms with Crippen LogP contribution < -0.4 is 20.1 Å². The molecular formula is C23H23ClF3N7O3. The lowest BCUT2D eigenvalue weighted by Gasteiger charge is -2.12. The minimum absolute atomic E-state index is 0.133. The molecule has 0 atom stereocenters. The minimum Gasteiger partial charge on any atom is -0.493 e. The van der Waals surface area contributed by atoms with Crippen LogP contribution in [-0.2, 0) is 11.3 Å². The number of fused-ring (bicyclic) bond motifs is 1. The molecule has 0 fully saturated rings. The molecule has 4 aromatic rings. The third kappa shape index (κ3) is 7.57. The Hall–Kier alpha value is -3.84. The van der Waals surface area contributed by atoms with E-state index in [2.05, 4.69) is 35.8 Å². The van der Waals surface area contributed by atoms with Gasteiger partial charge in [0.25, 0.3) is 0 Å². The molecule has 10 nitrogen and oxygen atoms in total. The van der Waals surface area contributed by atoms with E-state index in [1.165, 1.54) is 12.1 Å². The fourth-order valence-corrected chi connectivity index (χ4v) is 3.72. The molecule has 2 aromatic heterocycles. The van der Waals surface area contributed by atoms with Crippen molar-refractivity contribution in [2.45, 2.75) is 25.7 Å². The largest absolute Gasteiger partial charge is 0.573 e. The minimum atomic E-state index is -4.81. The van der Waals surface area contributed by atoms with Crippen molar-refractivity contribution in [1.29, 1.82) is 0 Å². The third-order valence-corrected chi connectivity index (χ3v) is 5.50. The molecule has 0 aliphatic carbocycles. The molecule has 0 radical (unpaired) electrons. The van der Waals surface area contributed by atoms with Crippen molar-refractivity contribution in [2.24, 2.45) is 0 Å². The van der Waals surface area contributed by atoms with Crippen molar-refractivity contribution < 1.29 is 27.4 Å². The van der Waals surface area contributed by atoms with Crippen molar-refractivity contribution in [2.75, 3.05) is 19.7 Å². The Bertz CT molecular complexity index is 1330. The number of alkyl halides is 3. The molecule has 37 heavy (non-hydrogen) atoms. The maximum atomic E-state index is 12.3. The van der Waals surface area contributed by atoms with Crippen molar-refractivity contribution >= 4 is 28.4 Å². The molecule has 0 bridgehead atoms. The van der Waals surface area contributed by atoms with Crippen LogP contribution >= 0.6 is 11.6 Å². The predicted molar refractivity (Wildman–Crippen MR) is 129 cm³/mol. The second-order valence-corrected chi connectivity index (χ2v) is 8.34. The number of rotatable bonds is 12. The molecule has 2 heterocycles. The zero-order valence-electron chi connectivity index (χ0n) is 19.4. The Morgan fingerprint density at radius 1 is 1.11 bits per heavy atom. The van der Waals surface area contributed by atoms with Gasteiger partial charge in [0.05, 0.1) is 34.4 Å². The van der Waals surface area contributed by atoms with Gasteiger partial charge >= 0.3 is 6.36 Å². The first-order valence-corrected chi connectivity index (χ1v) is 11.6. The van der Waals surface area contributed by atoms with Crippen LogP contribution in [-0.4, -0.2) is 56.9 Å². The number of H-pyrrole nitrogens is 1. The maximum Gasteiger partial charge on any atom is 0.573 e. The summed E-state index contributed by atoms with van der Waals surface area (Å²) in [6.45, 7) is 1.55. The number of hydrogen-bond acceptors (Lipinski definition) is 7. The fourth-order valence-electron chi connectivity index (χ4n) is 3.47. The highest BCUT2D eigenvalue weighted by Crippen LogP contribution is 2.31. The normalized spacial score (nSPS) is 11.6. The van der Waals surface area contributed by atoms with Gasteiger partial charge in [0.1, 0.15) is 24.2 Å².